The van der Waals surface area contributed by atoms with Gasteiger partial charge < -0.3 is 16.4 Å². The fourth-order valence-corrected chi connectivity index (χ4v) is 1.19. The molecule has 1 aromatic rings. The van der Waals surface area contributed by atoms with Gasteiger partial charge in [-0.25, -0.2) is 0 Å². The highest BCUT2D eigenvalue weighted by molar-refractivity contribution is 5.55. The molecule has 1 aromatic carbocycles. The summed E-state index contributed by atoms with van der Waals surface area (Å²) < 4.78 is 0. The summed E-state index contributed by atoms with van der Waals surface area (Å²) in [6, 6.07) is 5.63. The highest BCUT2D eigenvalue weighted by Crippen LogP contribution is 2.15. The Morgan fingerprint density at radius 2 is 1.92 bits per heavy atom. The van der Waals surface area contributed by atoms with E-state index in [9.17, 15) is 0 Å². The van der Waals surface area contributed by atoms with Crippen LogP contribution in [0.15, 0.2) is 18.2 Å². The van der Waals surface area contributed by atoms with Gasteiger partial charge in [-0.1, -0.05) is 0 Å². The van der Waals surface area contributed by atoms with E-state index in [0.29, 0.717) is 0 Å². The molecule has 0 atom stereocenters. The largest absolute Gasteiger partial charge is 0.399 e. The minimum Gasteiger partial charge on any atom is -0.399 e. The molecular weight excluding hydrogens is 162 g/mol. The van der Waals surface area contributed by atoms with Crippen molar-refractivity contribution in [2.45, 2.75) is 6.42 Å². The molecular formula is C10H17N3. The van der Waals surface area contributed by atoms with Crippen molar-refractivity contribution < 1.29 is 0 Å². The fourth-order valence-electron chi connectivity index (χ4n) is 1.19. The van der Waals surface area contributed by atoms with E-state index in [1.54, 1.807) is 0 Å². The molecule has 13 heavy (non-hydrogen) atoms. The average molecular weight is 179 g/mol. The first-order chi connectivity index (χ1) is 6.09. The van der Waals surface area contributed by atoms with Crippen LogP contribution in [-0.2, 0) is 6.42 Å². The normalized spacial score (nSPS) is 10.7. The SMILES string of the molecule is CN(C)CCc1cc(N)ccc1N. The van der Waals surface area contributed by atoms with Gasteiger partial charge in [-0.2, -0.15) is 0 Å². The minimum atomic E-state index is 0.781. The van der Waals surface area contributed by atoms with E-state index in [4.69, 9.17) is 11.5 Å². The third kappa shape index (κ3) is 2.95. The van der Waals surface area contributed by atoms with Gasteiger partial charge in [-0.05, 0) is 44.3 Å². The van der Waals surface area contributed by atoms with E-state index in [2.05, 4.69) is 4.90 Å². The average Bonchev–Trinajstić information content (AvgIpc) is 2.06. The topological polar surface area (TPSA) is 55.3 Å². The van der Waals surface area contributed by atoms with Crippen LogP contribution in [0.3, 0.4) is 0 Å². The standard InChI is InChI=1S/C10H17N3/c1-13(2)6-5-8-7-9(11)3-4-10(8)12/h3-4,7H,5-6,11-12H2,1-2H3. The third-order valence-corrected chi connectivity index (χ3v) is 2.00. The number of nitrogens with two attached hydrogens (primary N) is 2. The second kappa shape index (κ2) is 4.14. The lowest BCUT2D eigenvalue weighted by Crippen LogP contribution is -2.15. The molecule has 0 unspecified atom stereocenters. The molecule has 3 heteroatoms. The van der Waals surface area contributed by atoms with E-state index < -0.39 is 0 Å². The van der Waals surface area contributed by atoms with Crippen LogP contribution in [0.4, 0.5) is 11.4 Å². The van der Waals surface area contributed by atoms with Crippen molar-refractivity contribution in [3.05, 3.63) is 23.8 Å². The molecule has 0 aliphatic heterocycles. The van der Waals surface area contributed by atoms with Crippen LogP contribution in [-0.4, -0.2) is 25.5 Å². The monoisotopic (exact) mass is 179 g/mol. The van der Waals surface area contributed by atoms with Crippen LogP contribution in [0.1, 0.15) is 5.56 Å². The zero-order valence-electron chi connectivity index (χ0n) is 8.25. The van der Waals surface area contributed by atoms with Gasteiger partial charge >= 0.3 is 0 Å². The van der Waals surface area contributed by atoms with Crippen LogP contribution in [0.25, 0.3) is 0 Å². The Morgan fingerprint density at radius 1 is 1.23 bits per heavy atom. The summed E-state index contributed by atoms with van der Waals surface area (Å²) in [6.45, 7) is 0.994. The van der Waals surface area contributed by atoms with Crippen molar-refractivity contribution in [2.75, 3.05) is 32.1 Å². The van der Waals surface area contributed by atoms with Gasteiger partial charge in [0.2, 0.25) is 0 Å². The fraction of sp³-hybridized carbons (Fsp3) is 0.400. The molecule has 3 nitrogen and oxygen atoms in total. The van der Waals surface area contributed by atoms with Gasteiger partial charge in [-0.15, -0.1) is 0 Å². The number of hydrogen-bond donors (Lipinski definition) is 2. The number of rotatable bonds is 3. The summed E-state index contributed by atoms with van der Waals surface area (Å²) in [4.78, 5) is 2.13. The lowest BCUT2D eigenvalue weighted by molar-refractivity contribution is 0.414. The second-order valence-electron chi connectivity index (χ2n) is 3.51. The van der Waals surface area contributed by atoms with Crippen molar-refractivity contribution in [1.29, 1.82) is 0 Å². The van der Waals surface area contributed by atoms with Crippen molar-refractivity contribution in [3.63, 3.8) is 0 Å². The first kappa shape index (κ1) is 9.86. The van der Waals surface area contributed by atoms with E-state index in [1.807, 2.05) is 32.3 Å². The van der Waals surface area contributed by atoms with Gasteiger partial charge in [0.05, 0.1) is 0 Å². The first-order valence-electron chi connectivity index (χ1n) is 4.38. The summed E-state index contributed by atoms with van der Waals surface area (Å²) in [5, 5.41) is 0. The quantitative estimate of drug-likeness (QED) is 0.679. The predicted molar refractivity (Wildman–Crippen MR) is 57.5 cm³/mol. The number of nitrogens with zero attached hydrogens (tertiary/aromatic N) is 1. The maximum absolute atomic E-state index is 5.80. The summed E-state index contributed by atoms with van der Waals surface area (Å²) >= 11 is 0. The number of hydrogen-bond acceptors (Lipinski definition) is 3. The van der Waals surface area contributed by atoms with Crippen molar-refractivity contribution in [1.82, 2.24) is 4.90 Å². The van der Waals surface area contributed by atoms with Gasteiger partial charge in [0, 0.05) is 17.9 Å². The van der Waals surface area contributed by atoms with Crippen molar-refractivity contribution >= 4 is 11.4 Å². The molecule has 0 heterocycles. The number of nitrogen functional groups attached to an aromatic ring is 2. The second-order valence-corrected chi connectivity index (χ2v) is 3.51. The molecule has 4 N–H and O–H groups in total. The lowest BCUT2D eigenvalue weighted by atomic mass is 10.1. The molecule has 0 bridgehead atoms. The Balaban J connectivity index is 2.70. The number of benzene rings is 1. The van der Waals surface area contributed by atoms with E-state index in [1.165, 1.54) is 0 Å². The maximum Gasteiger partial charge on any atom is 0.0348 e. The Bertz CT molecular complexity index is 281. The number of anilines is 2. The van der Waals surface area contributed by atoms with E-state index in [-0.39, 0.29) is 0 Å². The molecule has 0 saturated heterocycles. The molecule has 72 valence electrons. The van der Waals surface area contributed by atoms with Crippen LogP contribution in [0.5, 0.6) is 0 Å². The molecule has 0 aliphatic rings. The summed E-state index contributed by atoms with van der Waals surface area (Å²) in [5.74, 6) is 0. The molecule has 0 amide bonds. The van der Waals surface area contributed by atoms with E-state index >= 15 is 0 Å². The van der Waals surface area contributed by atoms with Gasteiger partial charge in [0.25, 0.3) is 0 Å². The van der Waals surface area contributed by atoms with Crippen LogP contribution >= 0.6 is 0 Å². The van der Waals surface area contributed by atoms with Gasteiger partial charge in [0.1, 0.15) is 0 Å². The molecule has 0 aliphatic carbocycles. The Morgan fingerprint density at radius 3 is 2.54 bits per heavy atom. The molecule has 0 spiro atoms. The van der Waals surface area contributed by atoms with Gasteiger partial charge in [-0.3, -0.25) is 0 Å². The molecule has 0 aromatic heterocycles. The highest BCUT2D eigenvalue weighted by atomic mass is 15.0. The first-order valence-corrected chi connectivity index (χ1v) is 4.38. The van der Waals surface area contributed by atoms with Crippen molar-refractivity contribution in [2.24, 2.45) is 0 Å². The van der Waals surface area contributed by atoms with Crippen LogP contribution in [0, 0.1) is 0 Å². The van der Waals surface area contributed by atoms with Crippen LogP contribution in [0.2, 0.25) is 0 Å². The smallest absolute Gasteiger partial charge is 0.0348 e. The van der Waals surface area contributed by atoms with Crippen molar-refractivity contribution in [3.8, 4) is 0 Å². The summed E-state index contributed by atoms with van der Waals surface area (Å²) in [5.41, 5.74) is 14.2. The van der Waals surface area contributed by atoms with Crippen LogP contribution < -0.4 is 11.5 Å². The minimum absolute atomic E-state index is 0.781. The number of likely N-dealkylation sites (N-methyl/N-ethyl adjacent to an activating group) is 1. The maximum atomic E-state index is 5.80. The van der Waals surface area contributed by atoms with E-state index in [0.717, 1.165) is 29.9 Å². The molecule has 1 rings (SSSR count). The zero-order chi connectivity index (χ0) is 9.84. The summed E-state index contributed by atoms with van der Waals surface area (Å²) in [6.07, 6.45) is 0.948. The lowest BCUT2D eigenvalue weighted by Gasteiger charge is -2.11. The van der Waals surface area contributed by atoms with Gasteiger partial charge in [0.15, 0.2) is 0 Å². The predicted octanol–water partition coefficient (Wildman–Crippen LogP) is 0.955. The molecule has 0 saturated carbocycles. The summed E-state index contributed by atoms with van der Waals surface area (Å²) in [7, 11) is 4.09. The molecule has 0 fully saturated rings. The Labute approximate surface area is 79.3 Å². The zero-order valence-corrected chi connectivity index (χ0v) is 8.25. The highest BCUT2D eigenvalue weighted by Gasteiger charge is 2.00. The Kier molecular flexibility index (Phi) is 3.14. The third-order valence-electron chi connectivity index (χ3n) is 2.00. The molecule has 0 radical (unpaired) electrons. The Hall–Kier alpha value is -1.22.